The number of rotatable bonds is 3. The van der Waals surface area contributed by atoms with Crippen molar-refractivity contribution in [1.82, 2.24) is 19.7 Å². The van der Waals surface area contributed by atoms with Gasteiger partial charge in [0.15, 0.2) is 0 Å². The summed E-state index contributed by atoms with van der Waals surface area (Å²) in [5, 5.41) is 15.9. The van der Waals surface area contributed by atoms with Crippen LogP contribution in [0.4, 0.5) is 0 Å². The van der Waals surface area contributed by atoms with Crippen molar-refractivity contribution in [2.24, 2.45) is 7.05 Å². The lowest BCUT2D eigenvalue weighted by atomic mass is 10.0. The highest BCUT2D eigenvalue weighted by atomic mass is 35.5. The first kappa shape index (κ1) is 13.0. The van der Waals surface area contributed by atoms with E-state index in [1.54, 1.807) is 30.1 Å². The van der Waals surface area contributed by atoms with E-state index in [-0.39, 0.29) is 0 Å². The lowest BCUT2D eigenvalue weighted by Gasteiger charge is -2.13. The second-order valence-corrected chi connectivity index (χ2v) is 4.96. The third-order valence-electron chi connectivity index (χ3n) is 3.29. The van der Waals surface area contributed by atoms with E-state index in [0.717, 1.165) is 22.3 Å². The van der Waals surface area contributed by atoms with E-state index in [1.807, 2.05) is 12.1 Å². The zero-order chi connectivity index (χ0) is 14.1. The molecule has 0 aliphatic rings. The predicted molar refractivity (Wildman–Crippen MR) is 76.4 cm³/mol. The minimum absolute atomic E-state index is 0.379. The summed E-state index contributed by atoms with van der Waals surface area (Å²) in [7, 11) is 1.80. The van der Waals surface area contributed by atoms with Gasteiger partial charge in [0.25, 0.3) is 0 Å². The molecule has 2 aromatic heterocycles. The van der Waals surface area contributed by atoms with E-state index < -0.39 is 6.10 Å². The summed E-state index contributed by atoms with van der Waals surface area (Å²) < 4.78 is 1.65. The molecule has 0 saturated carbocycles. The Morgan fingerprint density at radius 1 is 1.30 bits per heavy atom. The Labute approximate surface area is 120 Å². The molecule has 5 nitrogen and oxygen atoms in total. The van der Waals surface area contributed by atoms with Gasteiger partial charge in [0.1, 0.15) is 12.2 Å². The molecular formula is C14H13ClN4O. The minimum Gasteiger partial charge on any atom is -0.388 e. The monoisotopic (exact) mass is 288 g/mol. The molecule has 102 valence electrons. The number of hydrogen-bond acceptors (Lipinski definition) is 4. The molecule has 0 spiro atoms. The van der Waals surface area contributed by atoms with Crippen LogP contribution in [0.5, 0.6) is 0 Å². The average molecular weight is 289 g/mol. The summed E-state index contributed by atoms with van der Waals surface area (Å²) in [4.78, 5) is 8.45. The highest BCUT2D eigenvalue weighted by Crippen LogP contribution is 2.29. The van der Waals surface area contributed by atoms with Crippen molar-refractivity contribution >= 4 is 22.5 Å². The van der Waals surface area contributed by atoms with E-state index >= 15 is 0 Å². The number of aliphatic hydroxyl groups excluding tert-OH is 1. The van der Waals surface area contributed by atoms with E-state index in [4.69, 9.17) is 11.6 Å². The molecule has 3 rings (SSSR count). The molecule has 1 N–H and O–H groups in total. The molecule has 0 amide bonds. The van der Waals surface area contributed by atoms with Gasteiger partial charge >= 0.3 is 0 Å². The van der Waals surface area contributed by atoms with Gasteiger partial charge in [0.05, 0.1) is 11.6 Å². The van der Waals surface area contributed by atoms with Gasteiger partial charge in [-0.25, -0.2) is 4.98 Å². The normalized spacial score (nSPS) is 12.8. The molecule has 1 atom stereocenters. The van der Waals surface area contributed by atoms with Crippen LogP contribution in [0.2, 0.25) is 5.02 Å². The molecule has 0 fully saturated rings. The fraction of sp³-hybridized carbons (Fsp3) is 0.214. The van der Waals surface area contributed by atoms with Crippen LogP contribution in [-0.4, -0.2) is 24.9 Å². The summed E-state index contributed by atoms with van der Waals surface area (Å²) >= 11 is 6.15. The molecule has 6 heteroatoms. The second kappa shape index (κ2) is 5.19. The van der Waals surface area contributed by atoms with Crippen molar-refractivity contribution in [3.05, 3.63) is 53.2 Å². The molecule has 0 aliphatic heterocycles. The molecule has 1 unspecified atom stereocenters. The van der Waals surface area contributed by atoms with Crippen LogP contribution in [0.25, 0.3) is 10.9 Å². The first-order chi connectivity index (χ1) is 9.66. The maximum atomic E-state index is 10.4. The van der Waals surface area contributed by atoms with E-state index in [1.165, 1.54) is 6.33 Å². The molecule has 3 aromatic rings. The van der Waals surface area contributed by atoms with E-state index in [2.05, 4.69) is 15.1 Å². The van der Waals surface area contributed by atoms with Crippen molar-refractivity contribution in [3.8, 4) is 0 Å². The van der Waals surface area contributed by atoms with Crippen LogP contribution in [0.1, 0.15) is 17.5 Å². The van der Waals surface area contributed by atoms with E-state index in [0.29, 0.717) is 11.4 Å². The van der Waals surface area contributed by atoms with Gasteiger partial charge in [0.2, 0.25) is 0 Å². The Hall–Kier alpha value is -1.98. The smallest absolute Gasteiger partial charge is 0.138 e. The number of fused-ring (bicyclic) bond motifs is 1. The predicted octanol–water partition coefficient (Wildman–Crippen LogP) is 2.29. The summed E-state index contributed by atoms with van der Waals surface area (Å²) in [6.07, 6.45) is 2.84. The van der Waals surface area contributed by atoms with Gasteiger partial charge in [-0.05, 0) is 18.2 Å². The number of hydrogen-bond donors (Lipinski definition) is 1. The summed E-state index contributed by atoms with van der Waals surface area (Å²) in [5.74, 6) is 0.719. The van der Waals surface area contributed by atoms with Gasteiger partial charge in [-0.1, -0.05) is 17.7 Å². The molecule has 0 saturated heterocycles. The third kappa shape index (κ3) is 2.26. The number of aryl methyl sites for hydroxylation is 1. The Kier molecular flexibility index (Phi) is 3.38. The number of nitrogens with zero attached hydrogens (tertiary/aromatic N) is 4. The van der Waals surface area contributed by atoms with Gasteiger partial charge in [0, 0.05) is 35.6 Å². The quantitative estimate of drug-likeness (QED) is 0.803. The van der Waals surface area contributed by atoms with Crippen molar-refractivity contribution in [2.75, 3.05) is 0 Å². The third-order valence-corrected chi connectivity index (χ3v) is 3.62. The minimum atomic E-state index is -0.701. The number of pyridine rings is 1. The van der Waals surface area contributed by atoms with Crippen LogP contribution < -0.4 is 0 Å². The Morgan fingerprint density at radius 2 is 2.15 bits per heavy atom. The summed E-state index contributed by atoms with van der Waals surface area (Å²) in [5.41, 5.74) is 1.46. The van der Waals surface area contributed by atoms with Gasteiger partial charge < -0.3 is 5.11 Å². The summed E-state index contributed by atoms with van der Waals surface area (Å²) in [6, 6.07) is 7.30. The fourth-order valence-corrected chi connectivity index (χ4v) is 2.43. The van der Waals surface area contributed by atoms with Crippen molar-refractivity contribution < 1.29 is 5.11 Å². The molecule has 20 heavy (non-hydrogen) atoms. The zero-order valence-corrected chi connectivity index (χ0v) is 11.6. The highest BCUT2D eigenvalue weighted by molar-refractivity contribution is 6.35. The standard InChI is InChI=1S/C14H13ClN4O/c1-19-13(17-8-18-19)7-12(20)10-4-5-11(15)9-3-2-6-16-14(9)10/h2-6,8,12,20H,7H2,1H3. The summed E-state index contributed by atoms with van der Waals surface area (Å²) in [6.45, 7) is 0. The molecule has 2 heterocycles. The maximum Gasteiger partial charge on any atom is 0.138 e. The topological polar surface area (TPSA) is 63.8 Å². The van der Waals surface area contributed by atoms with Gasteiger partial charge in [-0.2, -0.15) is 5.10 Å². The van der Waals surface area contributed by atoms with E-state index in [9.17, 15) is 5.11 Å². The molecular weight excluding hydrogens is 276 g/mol. The zero-order valence-electron chi connectivity index (χ0n) is 10.9. The lowest BCUT2D eigenvalue weighted by molar-refractivity contribution is 0.176. The van der Waals surface area contributed by atoms with Crippen molar-refractivity contribution in [1.29, 1.82) is 0 Å². The molecule has 1 aromatic carbocycles. The van der Waals surface area contributed by atoms with Crippen LogP contribution in [0.3, 0.4) is 0 Å². The number of halogens is 1. The number of benzene rings is 1. The Balaban J connectivity index is 2.02. The molecule has 0 radical (unpaired) electrons. The van der Waals surface area contributed by atoms with Crippen LogP contribution in [0.15, 0.2) is 36.8 Å². The molecule has 0 aliphatic carbocycles. The molecule has 0 bridgehead atoms. The fourth-order valence-electron chi connectivity index (χ4n) is 2.22. The van der Waals surface area contributed by atoms with Crippen LogP contribution >= 0.6 is 11.6 Å². The van der Waals surface area contributed by atoms with Gasteiger partial charge in [-0.15, -0.1) is 0 Å². The van der Waals surface area contributed by atoms with Crippen molar-refractivity contribution in [2.45, 2.75) is 12.5 Å². The number of aliphatic hydroxyl groups is 1. The maximum absolute atomic E-state index is 10.4. The SMILES string of the molecule is Cn1ncnc1CC(O)c1ccc(Cl)c2cccnc12. The first-order valence-corrected chi connectivity index (χ1v) is 6.58. The Morgan fingerprint density at radius 3 is 2.90 bits per heavy atom. The lowest BCUT2D eigenvalue weighted by Crippen LogP contribution is -2.08. The van der Waals surface area contributed by atoms with Gasteiger partial charge in [-0.3, -0.25) is 9.67 Å². The second-order valence-electron chi connectivity index (χ2n) is 4.56. The largest absolute Gasteiger partial charge is 0.388 e. The average Bonchev–Trinajstić information content (AvgIpc) is 2.85. The van der Waals surface area contributed by atoms with Crippen molar-refractivity contribution in [3.63, 3.8) is 0 Å². The number of aromatic nitrogens is 4. The Bertz CT molecular complexity index is 756. The first-order valence-electron chi connectivity index (χ1n) is 6.21. The van der Waals surface area contributed by atoms with Crippen LogP contribution in [0, 0.1) is 0 Å². The van der Waals surface area contributed by atoms with Crippen LogP contribution in [-0.2, 0) is 13.5 Å². The highest BCUT2D eigenvalue weighted by Gasteiger charge is 2.16.